The van der Waals surface area contributed by atoms with Gasteiger partial charge < -0.3 is 20.2 Å². The van der Waals surface area contributed by atoms with Gasteiger partial charge in [0.25, 0.3) is 0 Å². The second kappa shape index (κ2) is 8.84. The Morgan fingerprint density at radius 3 is 2.87 bits per heavy atom. The van der Waals surface area contributed by atoms with Crippen LogP contribution in [0.1, 0.15) is 31.4 Å². The van der Waals surface area contributed by atoms with E-state index in [-0.39, 0.29) is 12.1 Å². The molecule has 0 saturated carbocycles. The molecule has 0 spiro atoms. The van der Waals surface area contributed by atoms with Crippen LogP contribution < -0.4 is 5.32 Å². The Kier molecular flexibility index (Phi) is 6.80. The predicted octanol–water partition coefficient (Wildman–Crippen LogP) is 1.49. The summed E-state index contributed by atoms with van der Waals surface area (Å²) >= 11 is 0. The lowest BCUT2D eigenvalue weighted by Gasteiger charge is -2.31. The van der Waals surface area contributed by atoms with Gasteiger partial charge in [-0.1, -0.05) is 6.07 Å². The van der Waals surface area contributed by atoms with Crippen molar-refractivity contribution in [2.75, 3.05) is 39.8 Å². The number of piperidine rings is 1. The van der Waals surface area contributed by atoms with Crippen molar-refractivity contribution in [3.8, 4) is 0 Å². The zero-order valence-corrected chi connectivity index (χ0v) is 14.1. The standard InChI is InChI=1S/C17H28N4O2/c1-14(16-4-3-7-18-12-16)20(2)17(23)19-8-11-21-9-5-15(13-22)6-10-21/h3-4,7,12,14-15,22H,5-6,8-11,13H2,1-2H3,(H,19,23)/t14-/m1/s1. The van der Waals surface area contributed by atoms with Crippen molar-refractivity contribution in [2.45, 2.75) is 25.8 Å². The second-order valence-electron chi connectivity index (χ2n) is 6.27. The first-order valence-corrected chi connectivity index (χ1v) is 8.35. The number of nitrogens with zero attached hydrogens (tertiary/aromatic N) is 3. The van der Waals surface area contributed by atoms with Crippen LogP contribution in [0.15, 0.2) is 24.5 Å². The van der Waals surface area contributed by atoms with Gasteiger partial charge in [0, 0.05) is 39.1 Å². The van der Waals surface area contributed by atoms with E-state index in [1.54, 1.807) is 24.3 Å². The molecule has 1 fully saturated rings. The largest absolute Gasteiger partial charge is 0.396 e. The molecule has 0 radical (unpaired) electrons. The van der Waals surface area contributed by atoms with Gasteiger partial charge in [-0.2, -0.15) is 0 Å². The van der Waals surface area contributed by atoms with Gasteiger partial charge in [0.2, 0.25) is 0 Å². The Morgan fingerprint density at radius 1 is 1.52 bits per heavy atom. The van der Waals surface area contributed by atoms with Gasteiger partial charge in [-0.05, 0) is 50.4 Å². The summed E-state index contributed by atoms with van der Waals surface area (Å²) in [5.74, 6) is 0.451. The molecule has 1 aliphatic heterocycles. The first-order chi connectivity index (χ1) is 11.1. The predicted molar refractivity (Wildman–Crippen MR) is 90.1 cm³/mol. The molecule has 1 saturated heterocycles. The van der Waals surface area contributed by atoms with Crippen LogP contribution in [0.2, 0.25) is 0 Å². The Balaban J connectivity index is 1.70. The maximum Gasteiger partial charge on any atom is 0.317 e. The molecule has 1 aliphatic rings. The average Bonchev–Trinajstić information content (AvgIpc) is 2.61. The molecule has 2 rings (SSSR count). The molecule has 0 unspecified atom stereocenters. The van der Waals surface area contributed by atoms with E-state index in [0.717, 1.165) is 38.0 Å². The number of nitrogens with one attached hydrogen (secondary N) is 1. The molecular formula is C17H28N4O2. The molecule has 0 aliphatic carbocycles. The van der Waals surface area contributed by atoms with E-state index < -0.39 is 0 Å². The average molecular weight is 320 g/mol. The number of amides is 2. The number of likely N-dealkylation sites (tertiary alicyclic amines) is 1. The quantitative estimate of drug-likeness (QED) is 0.833. The maximum absolute atomic E-state index is 12.2. The van der Waals surface area contributed by atoms with Crippen molar-refractivity contribution < 1.29 is 9.90 Å². The summed E-state index contributed by atoms with van der Waals surface area (Å²) < 4.78 is 0. The van der Waals surface area contributed by atoms with Crippen LogP contribution in [0.25, 0.3) is 0 Å². The highest BCUT2D eigenvalue weighted by atomic mass is 16.3. The minimum absolute atomic E-state index is 0.0102. The van der Waals surface area contributed by atoms with E-state index in [4.69, 9.17) is 5.11 Å². The minimum Gasteiger partial charge on any atom is -0.396 e. The number of hydrogen-bond acceptors (Lipinski definition) is 4. The summed E-state index contributed by atoms with van der Waals surface area (Å²) in [6.07, 6.45) is 5.61. The fourth-order valence-electron chi connectivity index (χ4n) is 2.86. The highest BCUT2D eigenvalue weighted by Crippen LogP contribution is 2.17. The summed E-state index contributed by atoms with van der Waals surface area (Å²) in [7, 11) is 1.81. The molecule has 128 valence electrons. The lowest BCUT2D eigenvalue weighted by molar-refractivity contribution is 0.131. The number of hydrogen-bond donors (Lipinski definition) is 2. The summed E-state index contributed by atoms with van der Waals surface area (Å²) in [6, 6.07) is 3.79. The monoisotopic (exact) mass is 320 g/mol. The first kappa shape index (κ1) is 17.7. The van der Waals surface area contributed by atoms with E-state index in [0.29, 0.717) is 19.1 Å². The van der Waals surface area contributed by atoms with Crippen molar-refractivity contribution >= 4 is 6.03 Å². The van der Waals surface area contributed by atoms with Crippen LogP contribution in [0.3, 0.4) is 0 Å². The third-order valence-corrected chi connectivity index (χ3v) is 4.74. The number of rotatable bonds is 6. The van der Waals surface area contributed by atoms with Crippen LogP contribution in [0.5, 0.6) is 0 Å². The van der Waals surface area contributed by atoms with Crippen molar-refractivity contribution in [1.29, 1.82) is 0 Å². The molecule has 0 aromatic carbocycles. The molecule has 2 amide bonds. The molecule has 2 N–H and O–H groups in total. The number of carbonyl (C=O) groups excluding carboxylic acids is 1. The highest BCUT2D eigenvalue weighted by Gasteiger charge is 2.19. The fourth-order valence-corrected chi connectivity index (χ4v) is 2.86. The number of pyridine rings is 1. The van der Waals surface area contributed by atoms with E-state index in [1.165, 1.54) is 0 Å². The second-order valence-corrected chi connectivity index (χ2v) is 6.27. The van der Waals surface area contributed by atoms with Gasteiger partial charge in [-0.3, -0.25) is 4.98 Å². The third kappa shape index (κ3) is 5.18. The van der Waals surface area contributed by atoms with Crippen LogP contribution in [0, 0.1) is 5.92 Å². The van der Waals surface area contributed by atoms with Gasteiger partial charge in [-0.25, -0.2) is 4.79 Å². The maximum atomic E-state index is 12.2. The lowest BCUT2D eigenvalue weighted by atomic mass is 9.98. The third-order valence-electron chi connectivity index (χ3n) is 4.74. The zero-order chi connectivity index (χ0) is 16.7. The molecule has 0 bridgehead atoms. The molecule has 2 heterocycles. The van der Waals surface area contributed by atoms with Gasteiger partial charge in [0.1, 0.15) is 0 Å². The summed E-state index contributed by atoms with van der Waals surface area (Å²) in [5, 5.41) is 12.1. The van der Waals surface area contributed by atoms with Crippen molar-refractivity contribution in [3.05, 3.63) is 30.1 Å². The van der Waals surface area contributed by atoms with Crippen molar-refractivity contribution in [2.24, 2.45) is 5.92 Å². The molecule has 1 aromatic rings. The molecule has 6 nitrogen and oxygen atoms in total. The van der Waals surface area contributed by atoms with Crippen LogP contribution >= 0.6 is 0 Å². The lowest BCUT2D eigenvalue weighted by Crippen LogP contribution is -2.44. The molecule has 6 heteroatoms. The Labute approximate surface area is 138 Å². The summed E-state index contributed by atoms with van der Waals surface area (Å²) in [6.45, 7) is 5.80. The summed E-state index contributed by atoms with van der Waals surface area (Å²) in [4.78, 5) is 20.4. The summed E-state index contributed by atoms with van der Waals surface area (Å²) in [5.41, 5.74) is 1.02. The number of aromatic nitrogens is 1. The number of carbonyl (C=O) groups is 1. The van der Waals surface area contributed by atoms with E-state index in [9.17, 15) is 4.79 Å². The van der Waals surface area contributed by atoms with Crippen LogP contribution in [0.4, 0.5) is 4.79 Å². The smallest absolute Gasteiger partial charge is 0.317 e. The van der Waals surface area contributed by atoms with E-state index in [1.807, 2.05) is 19.1 Å². The Bertz CT molecular complexity index is 475. The molecule has 23 heavy (non-hydrogen) atoms. The van der Waals surface area contributed by atoms with E-state index >= 15 is 0 Å². The Morgan fingerprint density at radius 2 is 2.26 bits per heavy atom. The van der Waals surface area contributed by atoms with Crippen LogP contribution in [-0.2, 0) is 0 Å². The van der Waals surface area contributed by atoms with Gasteiger partial charge in [-0.15, -0.1) is 0 Å². The van der Waals surface area contributed by atoms with E-state index in [2.05, 4.69) is 15.2 Å². The SMILES string of the molecule is C[C@H](c1cccnc1)N(C)C(=O)NCCN1CCC(CO)CC1. The topological polar surface area (TPSA) is 68.7 Å². The normalized spacial score (nSPS) is 17.7. The zero-order valence-electron chi connectivity index (χ0n) is 14.1. The Hall–Kier alpha value is -1.66. The number of urea groups is 1. The van der Waals surface area contributed by atoms with Gasteiger partial charge >= 0.3 is 6.03 Å². The van der Waals surface area contributed by atoms with Crippen molar-refractivity contribution in [3.63, 3.8) is 0 Å². The first-order valence-electron chi connectivity index (χ1n) is 8.35. The van der Waals surface area contributed by atoms with Gasteiger partial charge in [0.15, 0.2) is 0 Å². The molecule has 1 aromatic heterocycles. The highest BCUT2D eigenvalue weighted by molar-refractivity contribution is 5.74. The van der Waals surface area contributed by atoms with Crippen molar-refractivity contribution in [1.82, 2.24) is 20.1 Å². The number of aliphatic hydroxyl groups is 1. The molecule has 1 atom stereocenters. The minimum atomic E-state index is -0.0633. The fraction of sp³-hybridized carbons (Fsp3) is 0.647. The molecular weight excluding hydrogens is 292 g/mol. The van der Waals surface area contributed by atoms with Gasteiger partial charge in [0.05, 0.1) is 6.04 Å². The number of aliphatic hydroxyl groups excluding tert-OH is 1. The van der Waals surface area contributed by atoms with Crippen LogP contribution in [-0.4, -0.2) is 65.8 Å².